The average molecular weight is 219 g/mol. The predicted molar refractivity (Wildman–Crippen MR) is 55.3 cm³/mol. The van der Waals surface area contributed by atoms with Crippen molar-refractivity contribution in [2.45, 2.75) is 13.0 Å². The van der Waals surface area contributed by atoms with Gasteiger partial charge in [-0.1, -0.05) is 11.6 Å². The maximum Gasteiger partial charge on any atom is 0.261 e. The molecule has 1 heterocycles. The highest BCUT2D eigenvalue weighted by molar-refractivity contribution is 7.12. The Kier molecular flexibility index (Phi) is 3.71. The molecule has 0 radical (unpaired) electrons. The molecule has 0 aliphatic carbocycles. The number of hydrogen-bond acceptors (Lipinski definition) is 3. The Hall–Kier alpha value is -0.580. The zero-order valence-electron chi connectivity index (χ0n) is 7.21. The van der Waals surface area contributed by atoms with E-state index in [1.807, 2.05) is 6.92 Å². The largest absolute Gasteiger partial charge is 0.350 e. The molecule has 1 rings (SSSR count). The molecule has 3 N–H and O–H groups in total. The second kappa shape index (κ2) is 4.60. The molecule has 0 saturated heterocycles. The van der Waals surface area contributed by atoms with E-state index < -0.39 is 0 Å². The van der Waals surface area contributed by atoms with Crippen LogP contribution >= 0.6 is 22.9 Å². The van der Waals surface area contributed by atoms with Gasteiger partial charge in [-0.05, 0) is 13.0 Å². The molecular weight excluding hydrogens is 208 g/mol. The van der Waals surface area contributed by atoms with E-state index in [9.17, 15) is 4.79 Å². The van der Waals surface area contributed by atoms with E-state index in [1.165, 1.54) is 11.3 Å². The van der Waals surface area contributed by atoms with Gasteiger partial charge in [-0.3, -0.25) is 4.79 Å². The van der Waals surface area contributed by atoms with E-state index in [4.69, 9.17) is 17.3 Å². The van der Waals surface area contributed by atoms with Crippen molar-refractivity contribution >= 4 is 28.8 Å². The Morgan fingerprint density at radius 3 is 3.00 bits per heavy atom. The number of carbonyl (C=O) groups is 1. The number of carbonyl (C=O) groups excluding carboxylic acids is 1. The molecule has 0 spiro atoms. The van der Waals surface area contributed by atoms with Gasteiger partial charge < -0.3 is 11.1 Å². The van der Waals surface area contributed by atoms with Crippen LogP contribution in [0.5, 0.6) is 0 Å². The lowest BCUT2D eigenvalue weighted by molar-refractivity contribution is 0.0956. The van der Waals surface area contributed by atoms with Crippen molar-refractivity contribution in [3.05, 3.63) is 21.3 Å². The SMILES string of the molecule is CC(N)CNC(=O)c1cc(Cl)cs1. The van der Waals surface area contributed by atoms with E-state index in [-0.39, 0.29) is 11.9 Å². The summed E-state index contributed by atoms with van der Waals surface area (Å²) >= 11 is 7.00. The van der Waals surface area contributed by atoms with Crippen LogP contribution in [0.15, 0.2) is 11.4 Å². The van der Waals surface area contributed by atoms with Crippen molar-refractivity contribution < 1.29 is 4.79 Å². The number of rotatable bonds is 3. The van der Waals surface area contributed by atoms with Crippen molar-refractivity contribution in [3.63, 3.8) is 0 Å². The molecule has 3 nitrogen and oxygen atoms in total. The highest BCUT2D eigenvalue weighted by Gasteiger charge is 2.07. The number of hydrogen-bond donors (Lipinski definition) is 2. The van der Waals surface area contributed by atoms with Crippen LogP contribution in [0, 0.1) is 0 Å². The molecule has 0 aromatic carbocycles. The lowest BCUT2D eigenvalue weighted by Crippen LogP contribution is -2.34. The second-order valence-corrected chi connectivity index (χ2v) is 4.16. The smallest absolute Gasteiger partial charge is 0.261 e. The maximum atomic E-state index is 11.3. The van der Waals surface area contributed by atoms with Gasteiger partial charge in [-0.2, -0.15) is 0 Å². The molecule has 13 heavy (non-hydrogen) atoms. The monoisotopic (exact) mass is 218 g/mol. The predicted octanol–water partition coefficient (Wildman–Crippen LogP) is 1.48. The molecular formula is C8H11ClN2OS. The summed E-state index contributed by atoms with van der Waals surface area (Å²) in [5, 5.41) is 5.02. The van der Waals surface area contributed by atoms with Crippen molar-refractivity contribution in [1.29, 1.82) is 0 Å². The van der Waals surface area contributed by atoms with Crippen molar-refractivity contribution in [2.24, 2.45) is 5.73 Å². The van der Waals surface area contributed by atoms with Gasteiger partial charge in [0.2, 0.25) is 0 Å². The van der Waals surface area contributed by atoms with Gasteiger partial charge in [0, 0.05) is 18.0 Å². The van der Waals surface area contributed by atoms with Crippen LogP contribution in [-0.4, -0.2) is 18.5 Å². The van der Waals surface area contributed by atoms with Crippen molar-refractivity contribution in [2.75, 3.05) is 6.54 Å². The standard InChI is InChI=1S/C8H11ClN2OS/c1-5(10)3-11-8(12)7-2-6(9)4-13-7/h2,4-5H,3,10H2,1H3,(H,11,12). The zero-order chi connectivity index (χ0) is 9.84. The van der Waals surface area contributed by atoms with Gasteiger partial charge >= 0.3 is 0 Å². The van der Waals surface area contributed by atoms with E-state index >= 15 is 0 Å². The summed E-state index contributed by atoms with van der Waals surface area (Å²) < 4.78 is 0. The van der Waals surface area contributed by atoms with Gasteiger partial charge in [0.15, 0.2) is 0 Å². The molecule has 1 atom stereocenters. The molecule has 72 valence electrons. The summed E-state index contributed by atoms with van der Waals surface area (Å²) in [6.45, 7) is 2.32. The third-order valence-electron chi connectivity index (χ3n) is 1.38. The molecule has 5 heteroatoms. The van der Waals surface area contributed by atoms with E-state index in [1.54, 1.807) is 11.4 Å². The van der Waals surface area contributed by atoms with Crippen LogP contribution in [0.3, 0.4) is 0 Å². The van der Waals surface area contributed by atoms with Crippen LogP contribution in [-0.2, 0) is 0 Å². The second-order valence-electron chi connectivity index (χ2n) is 2.82. The summed E-state index contributed by atoms with van der Waals surface area (Å²) in [5.74, 6) is -0.116. The molecule has 1 aromatic rings. The highest BCUT2D eigenvalue weighted by atomic mass is 35.5. The molecule has 1 unspecified atom stereocenters. The normalized spacial score (nSPS) is 12.5. The van der Waals surface area contributed by atoms with Crippen molar-refractivity contribution in [3.8, 4) is 0 Å². The van der Waals surface area contributed by atoms with Crippen LogP contribution in [0.2, 0.25) is 5.02 Å². The van der Waals surface area contributed by atoms with E-state index in [0.717, 1.165) is 0 Å². The molecule has 0 fully saturated rings. The Morgan fingerprint density at radius 2 is 2.54 bits per heavy atom. The Morgan fingerprint density at radius 1 is 1.85 bits per heavy atom. The number of halogens is 1. The zero-order valence-corrected chi connectivity index (χ0v) is 8.78. The van der Waals surface area contributed by atoms with E-state index in [0.29, 0.717) is 16.4 Å². The Balaban J connectivity index is 2.49. The molecule has 1 amide bonds. The number of nitrogens with one attached hydrogen (secondary N) is 1. The number of amides is 1. The number of thiophene rings is 1. The summed E-state index contributed by atoms with van der Waals surface area (Å²) in [6, 6.07) is 1.61. The van der Waals surface area contributed by atoms with Gasteiger partial charge in [-0.25, -0.2) is 0 Å². The summed E-state index contributed by atoms with van der Waals surface area (Å²) in [7, 11) is 0. The van der Waals surface area contributed by atoms with Crippen LogP contribution < -0.4 is 11.1 Å². The first-order chi connectivity index (χ1) is 6.09. The molecule has 0 saturated carbocycles. The summed E-state index contributed by atoms with van der Waals surface area (Å²) in [5.41, 5.74) is 5.49. The highest BCUT2D eigenvalue weighted by Crippen LogP contribution is 2.18. The fourth-order valence-corrected chi connectivity index (χ4v) is 1.76. The van der Waals surface area contributed by atoms with Crippen LogP contribution in [0.4, 0.5) is 0 Å². The van der Waals surface area contributed by atoms with Gasteiger partial charge in [0.05, 0.1) is 9.90 Å². The molecule has 0 aliphatic rings. The van der Waals surface area contributed by atoms with Crippen molar-refractivity contribution in [1.82, 2.24) is 5.32 Å². The lowest BCUT2D eigenvalue weighted by Gasteiger charge is -2.05. The van der Waals surface area contributed by atoms with Gasteiger partial charge in [0.25, 0.3) is 5.91 Å². The third kappa shape index (κ3) is 3.34. The molecule has 0 bridgehead atoms. The fourth-order valence-electron chi connectivity index (χ4n) is 0.773. The number of nitrogens with two attached hydrogens (primary N) is 1. The maximum absolute atomic E-state index is 11.3. The minimum absolute atomic E-state index is 0.0283. The minimum atomic E-state index is -0.116. The minimum Gasteiger partial charge on any atom is -0.350 e. The van der Waals surface area contributed by atoms with Crippen LogP contribution in [0.1, 0.15) is 16.6 Å². The van der Waals surface area contributed by atoms with Gasteiger partial charge in [0.1, 0.15) is 0 Å². The molecule has 1 aromatic heterocycles. The Bertz CT molecular complexity index is 298. The average Bonchev–Trinajstić information content (AvgIpc) is 2.47. The first kappa shape index (κ1) is 10.5. The quantitative estimate of drug-likeness (QED) is 0.808. The van der Waals surface area contributed by atoms with Gasteiger partial charge in [-0.15, -0.1) is 11.3 Å². The first-order valence-corrected chi connectivity index (χ1v) is 5.13. The fraction of sp³-hybridized carbons (Fsp3) is 0.375. The lowest BCUT2D eigenvalue weighted by atomic mass is 10.3. The van der Waals surface area contributed by atoms with Crippen LogP contribution in [0.25, 0.3) is 0 Å². The van der Waals surface area contributed by atoms with E-state index in [2.05, 4.69) is 5.32 Å². The Labute approximate surface area is 85.9 Å². The molecule has 0 aliphatic heterocycles. The first-order valence-electron chi connectivity index (χ1n) is 3.87. The topological polar surface area (TPSA) is 55.1 Å². The summed E-state index contributed by atoms with van der Waals surface area (Å²) in [4.78, 5) is 12.0. The summed E-state index contributed by atoms with van der Waals surface area (Å²) in [6.07, 6.45) is 0. The third-order valence-corrected chi connectivity index (χ3v) is 2.65.